The second-order valence-corrected chi connectivity index (χ2v) is 5.06. The first-order valence-electron chi connectivity index (χ1n) is 7.34. The SMILES string of the molecule is COC(=O)CCCc1ccc(C(N=[N+]=[N-])c2ccncc2)cc1. The lowest BCUT2D eigenvalue weighted by atomic mass is 9.98. The van der Waals surface area contributed by atoms with Crippen LogP contribution in [-0.4, -0.2) is 18.1 Å². The first kappa shape index (κ1) is 16.5. The molecule has 23 heavy (non-hydrogen) atoms. The van der Waals surface area contributed by atoms with Gasteiger partial charge in [-0.2, -0.15) is 0 Å². The predicted octanol–water partition coefficient (Wildman–Crippen LogP) is 3.98. The standard InChI is InChI=1S/C17H18N4O2/c1-23-16(22)4-2-3-13-5-7-14(8-6-13)17(20-21-18)15-9-11-19-12-10-15/h5-12,17H,2-4H2,1H3. The summed E-state index contributed by atoms with van der Waals surface area (Å²) in [6.45, 7) is 0. The maximum Gasteiger partial charge on any atom is 0.305 e. The van der Waals surface area contributed by atoms with E-state index in [1.54, 1.807) is 12.4 Å². The van der Waals surface area contributed by atoms with E-state index in [1.807, 2.05) is 36.4 Å². The Hall–Kier alpha value is -2.85. The number of benzene rings is 1. The van der Waals surface area contributed by atoms with Crippen molar-refractivity contribution in [3.63, 3.8) is 0 Å². The molecule has 0 aliphatic rings. The monoisotopic (exact) mass is 310 g/mol. The van der Waals surface area contributed by atoms with Gasteiger partial charge in [0.1, 0.15) is 0 Å². The van der Waals surface area contributed by atoms with E-state index in [1.165, 1.54) is 7.11 Å². The Kier molecular flexibility index (Phi) is 6.15. The largest absolute Gasteiger partial charge is 0.469 e. The van der Waals surface area contributed by atoms with Crippen molar-refractivity contribution in [1.29, 1.82) is 0 Å². The van der Waals surface area contributed by atoms with Crippen LogP contribution in [0.2, 0.25) is 0 Å². The van der Waals surface area contributed by atoms with Crippen LogP contribution in [0.15, 0.2) is 53.9 Å². The molecule has 0 fully saturated rings. The van der Waals surface area contributed by atoms with Crippen LogP contribution < -0.4 is 0 Å². The number of esters is 1. The number of hydrogen-bond acceptors (Lipinski definition) is 4. The zero-order valence-corrected chi connectivity index (χ0v) is 12.9. The fraction of sp³-hybridized carbons (Fsp3) is 0.294. The molecule has 2 aromatic rings. The second-order valence-electron chi connectivity index (χ2n) is 5.06. The second kappa shape index (κ2) is 8.56. The van der Waals surface area contributed by atoms with Crippen molar-refractivity contribution in [2.24, 2.45) is 5.11 Å². The molecule has 0 aliphatic carbocycles. The van der Waals surface area contributed by atoms with E-state index in [9.17, 15) is 4.79 Å². The lowest BCUT2D eigenvalue weighted by Gasteiger charge is -2.12. The highest BCUT2D eigenvalue weighted by atomic mass is 16.5. The van der Waals surface area contributed by atoms with Gasteiger partial charge in [0.15, 0.2) is 0 Å². The van der Waals surface area contributed by atoms with Gasteiger partial charge >= 0.3 is 5.97 Å². The van der Waals surface area contributed by atoms with Crippen LogP contribution in [0.3, 0.4) is 0 Å². The molecule has 6 heteroatoms. The zero-order chi connectivity index (χ0) is 16.5. The van der Waals surface area contributed by atoms with Crippen molar-refractivity contribution < 1.29 is 9.53 Å². The van der Waals surface area contributed by atoms with Gasteiger partial charge in [0.25, 0.3) is 0 Å². The summed E-state index contributed by atoms with van der Waals surface area (Å²) in [5.41, 5.74) is 11.8. The zero-order valence-electron chi connectivity index (χ0n) is 12.9. The number of methoxy groups -OCH3 is 1. The van der Waals surface area contributed by atoms with Gasteiger partial charge in [0.2, 0.25) is 0 Å². The number of aromatic nitrogens is 1. The summed E-state index contributed by atoms with van der Waals surface area (Å²) in [4.78, 5) is 18.0. The number of ether oxygens (including phenoxy) is 1. The van der Waals surface area contributed by atoms with E-state index < -0.39 is 0 Å². The highest BCUT2D eigenvalue weighted by Gasteiger charge is 2.12. The van der Waals surface area contributed by atoms with E-state index in [0.29, 0.717) is 6.42 Å². The van der Waals surface area contributed by atoms with Crippen LogP contribution >= 0.6 is 0 Å². The van der Waals surface area contributed by atoms with Crippen molar-refractivity contribution in [3.05, 3.63) is 75.9 Å². The lowest BCUT2D eigenvalue weighted by Crippen LogP contribution is -2.01. The van der Waals surface area contributed by atoms with E-state index in [-0.39, 0.29) is 12.0 Å². The van der Waals surface area contributed by atoms with Crippen LogP contribution in [0, 0.1) is 0 Å². The third kappa shape index (κ3) is 4.83. The topological polar surface area (TPSA) is 88.0 Å². The van der Waals surface area contributed by atoms with E-state index in [4.69, 9.17) is 5.53 Å². The number of hydrogen-bond donors (Lipinski definition) is 0. The Morgan fingerprint density at radius 1 is 1.22 bits per heavy atom. The molecule has 1 atom stereocenters. The molecule has 118 valence electrons. The van der Waals surface area contributed by atoms with Crippen molar-refractivity contribution >= 4 is 5.97 Å². The normalized spacial score (nSPS) is 11.3. The molecule has 0 saturated carbocycles. The molecule has 1 aromatic carbocycles. The molecule has 6 nitrogen and oxygen atoms in total. The highest BCUT2D eigenvalue weighted by molar-refractivity contribution is 5.69. The maximum atomic E-state index is 11.1. The number of azide groups is 1. The van der Waals surface area contributed by atoms with Crippen LogP contribution in [0.5, 0.6) is 0 Å². The number of aryl methyl sites for hydroxylation is 1. The molecule has 0 aliphatic heterocycles. The van der Waals surface area contributed by atoms with Gasteiger partial charge in [-0.1, -0.05) is 29.4 Å². The van der Waals surface area contributed by atoms with Crippen LogP contribution in [0.25, 0.3) is 10.4 Å². The average molecular weight is 310 g/mol. The molecule has 2 rings (SSSR count). The number of carbonyl (C=O) groups excluding carboxylic acids is 1. The van der Waals surface area contributed by atoms with E-state index in [0.717, 1.165) is 29.5 Å². The molecule has 0 bridgehead atoms. The summed E-state index contributed by atoms with van der Waals surface area (Å²) in [5.74, 6) is -0.192. The lowest BCUT2D eigenvalue weighted by molar-refractivity contribution is -0.140. The molecule has 0 amide bonds. The predicted molar refractivity (Wildman–Crippen MR) is 86.6 cm³/mol. The minimum atomic E-state index is -0.368. The summed E-state index contributed by atoms with van der Waals surface area (Å²) >= 11 is 0. The smallest absolute Gasteiger partial charge is 0.305 e. The molecule has 0 N–H and O–H groups in total. The Labute approximate surface area is 134 Å². The van der Waals surface area contributed by atoms with Crippen molar-refractivity contribution in [2.45, 2.75) is 25.3 Å². The third-order valence-corrected chi connectivity index (χ3v) is 3.56. The minimum absolute atomic E-state index is 0.192. The van der Waals surface area contributed by atoms with Gasteiger partial charge in [-0.15, -0.1) is 0 Å². The molecule has 0 saturated heterocycles. The average Bonchev–Trinajstić information content (AvgIpc) is 2.61. The number of rotatable bonds is 7. The summed E-state index contributed by atoms with van der Waals surface area (Å²) in [6.07, 6.45) is 5.32. The molecule has 0 spiro atoms. The van der Waals surface area contributed by atoms with Gasteiger partial charge in [0.05, 0.1) is 13.2 Å². The first-order chi connectivity index (χ1) is 11.2. The molecule has 1 aromatic heterocycles. The summed E-state index contributed by atoms with van der Waals surface area (Å²) in [7, 11) is 1.39. The van der Waals surface area contributed by atoms with E-state index >= 15 is 0 Å². The Morgan fingerprint density at radius 2 is 1.87 bits per heavy atom. The van der Waals surface area contributed by atoms with Gasteiger partial charge in [-0.25, -0.2) is 0 Å². The van der Waals surface area contributed by atoms with Crippen molar-refractivity contribution in [1.82, 2.24) is 4.98 Å². The van der Waals surface area contributed by atoms with Crippen LogP contribution in [-0.2, 0) is 16.0 Å². The van der Waals surface area contributed by atoms with Crippen LogP contribution in [0.4, 0.5) is 0 Å². The Balaban J connectivity index is 2.07. The number of nitrogens with zero attached hydrogens (tertiary/aromatic N) is 4. The molecule has 1 heterocycles. The van der Waals surface area contributed by atoms with Gasteiger partial charge in [-0.05, 0) is 47.2 Å². The summed E-state index contributed by atoms with van der Waals surface area (Å²) in [6, 6.07) is 11.2. The number of carbonyl (C=O) groups is 1. The van der Waals surface area contributed by atoms with Crippen molar-refractivity contribution in [3.8, 4) is 0 Å². The fourth-order valence-electron chi connectivity index (χ4n) is 2.33. The third-order valence-electron chi connectivity index (χ3n) is 3.56. The summed E-state index contributed by atoms with van der Waals surface area (Å²) in [5, 5.41) is 3.88. The minimum Gasteiger partial charge on any atom is -0.469 e. The summed E-state index contributed by atoms with van der Waals surface area (Å²) < 4.78 is 4.62. The van der Waals surface area contributed by atoms with Crippen molar-refractivity contribution in [2.75, 3.05) is 7.11 Å². The molecular formula is C17H18N4O2. The van der Waals surface area contributed by atoms with E-state index in [2.05, 4.69) is 19.7 Å². The van der Waals surface area contributed by atoms with Gasteiger partial charge in [-0.3, -0.25) is 9.78 Å². The molecular weight excluding hydrogens is 292 g/mol. The Bertz CT molecular complexity index is 679. The molecule has 1 unspecified atom stereocenters. The van der Waals surface area contributed by atoms with Gasteiger partial charge in [0, 0.05) is 23.7 Å². The molecule has 0 radical (unpaired) electrons. The maximum absolute atomic E-state index is 11.1. The van der Waals surface area contributed by atoms with Crippen LogP contribution in [0.1, 0.15) is 35.6 Å². The highest BCUT2D eigenvalue weighted by Crippen LogP contribution is 2.26. The first-order valence-corrected chi connectivity index (χ1v) is 7.34. The van der Waals surface area contributed by atoms with Gasteiger partial charge < -0.3 is 4.74 Å². The number of pyridine rings is 1. The quantitative estimate of drug-likeness (QED) is 0.335. The Morgan fingerprint density at radius 3 is 2.48 bits per heavy atom. The fourth-order valence-corrected chi connectivity index (χ4v) is 2.33.